The van der Waals surface area contributed by atoms with Crippen molar-refractivity contribution in [3.05, 3.63) is 90.4 Å². The van der Waals surface area contributed by atoms with Gasteiger partial charge in [-0.2, -0.15) is 5.10 Å². The van der Waals surface area contributed by atoms with E-state index in [1.54, 1.807) is 13.3 Å². The number of carbonyl (C=O) groups is 1. The molecule has 0 fully saturated rings. The van der Waals surface area contributed by atoms with Gasteiger partial charge in [0, 0.05) is 9.50 Å². The fraction of sp³-hybridized carbons (Fsp3) is 0.130. The second kappa shape index (κ2) is 11.5. The van der Waals surface area contributed by atoms with Gasteiger partial charge in [0.25, 0.3) is 0 Å². The van der Waals surface area contributed by atoms with Crippen LogP contribution in [0, 0.1) is 3.57 Å². The monoisotopic (exact) mass is 612 g/mol. The summed E-state index contributed by atoms with van der Waals surface area (Å²) in [5, 5.41) is 4.74. The quantitative estimate of drug-likeness (QED) is 0.193. The zero-order valence-corrected chi connectivity index (χ0v) is 21.1. The molecule has 31 heavy (non-hydrogen) atoms. The number of rotatable bonds is 8. The van der Waals surface area contributed by atoms with Crippen LogP contribution in [0.25, 0.3) is 0 Å². The average Bonchev–Trinajstić information content (AvgIpc) is 2.75. The van der Waals surface area contributed by atoms with Crippen LogP contribution in [-0.2, 0) is 17.8 Å². The lowest BCUT2D eigenvalue weighted by atomic mass is 10.1. The van der Waals surface area contributed by atoms with Gasteiger partial charge < -0.3 is 9.47 Å². The summed E-state index contributed by atoms with van der Waals surface area (Å²) >= 11 is 11.5. The molecular formula is C23H19BrClIN2O3. The summed E-state index contributed by atoms with van der Waals surface area (Å²) in [6.07, 6.45) is 1.83. The molecule has 0 saturated carbocycles. The molecule has 0 atom stereocenters. The Bertz CT molecular complexity index is 1070. The first-order valence-corrected chi connectivity index (χ1v) is 11.5. The molecule has 3 aromatic rings. The number of ether oxygens (including phenoxy) is 2. The van der Waals surface area contributed by atoms with E-state index in [9.17, 15) is 4.79 Å². The largest absolute Gasteiger partial charge is 0.493 e. The van der Waals surface area contributed by atoms with Gasteiger partial charge in [-0.1, -0.05) is 51.8 Å². The third kappa shape index (κ3) is 7.22. The fourth-order valence-electron chi connectivity index (χ4n) is 2.70. The first-order chi connectivity index (χ1) is 14.9. The highest BCUT2D eigenvalue weighted by Crippen LogP contribution is 2.34. The van der Waals surface area contributed by atoms with Crippen molar-refractivity contribution in [2.75, 3.05) is 7.11 Å². The molecule has 0 heterocycles. The lowest BCUT2D eigenvalue weighted by molar-refractivity contribution is -0.120. The zero-order chi connectivity index (χ0) is 22.2. The van der Waals surface area contributed by atoms with E-state index in [1.807, 2.05) is 60.7 Å². The molecule has 0 aliphatic heterocycles. The van der Waals surface area contributed by atoms with E-state index >= 15 is 0 Å². The summed E-state index contributed by atoms with van der Waals surface area (Å²) < 4.78 is 13.3. The Morgan fingerprint density at radius 3 is 2.48 bits per heavy atom. The molecule has 3 aromatic carbocycles. The average molecular weight is 614 g/mol. The summed E-state index contributed by atoms with van der Waals surface area (Å²) in [5.74, 6) is 1.04. The lowest BCUT2D eigenvalue weighted by Gasteiger charge is -2.13. The van der Waals surface area contributed by atoms with Crippen molar-refractivity contribution < 1.29 is 14.3 Å². The van der Waals surface area contributed by atoms with Crippen molar-refractivity contribution in [2.24, 2.45) is 5.10 Å². The number of halogens is 3. The maximum Gasteiger partial charge on any atom is 0.244 e. The molecule has 0 aliphatic carbocycles. The smallest absolute Gasteiger partial charge is 0.244 e. The number of hydrogen-bond acceptors (Lipinski definition) is 4. The van der Waals surface area contributed by atoms with Gasteiger partial charge in [-0.3, -0.25) is 4.79 Å². The van der Waals surface area contributed by atoms with E-state index in [1.165, 1.54) is 0 Å². The van der Waals surface area contributed by atoms with Crippen LogP contribution in [0.15, 0.2) is 70.2 Å². The third-order valence-electron chi connectivity index (χ3n) is 4.23. The number of methoxy groups -OCH3 is 1. The van der Waals surface area contributed by atoms with E-state index < -0.39 is 0 Å². The summed E-state index contributed by atoms with van der Waals surface area (Å²) in [7, 11) is 1.58. The molecule has 0 aromatic heterocycles. The predicted octanol–water partition coefficient (Wildman–Crippen LogP) is 5.99. The number of hydrazone groups is 1. The molecule has 1 amide bonds. The zero-order valence-electron chi connectivity index (χ0n) is 16.6. The molecule has 1 N–H and O–H groups in total. The second-order valence-electron chi connectivity index (χ2n) is 6.55. The molecule has 0 unspecified atom stereocenters. The van der Waals surface area contributed by atoms with Crippen molar-refractivity contribution in [1.29, 1.82) is 0 Å². The van der Waals surface area contributed by atoms with Gasteiger partial charge in [0.05, 0.1) is 23.3 Å². The van der Waals surface area contributed by atoms with Crippen molar-refractivity contribution in [3.63, 3.8) is 0 Å². The van der Waals surface area contributed by atoms with Crippen molar-refractivity contribution in [1.82, 2.24) is 5.43 Å². The summed E-state index contributed by atoms with van der Waals surface area (Å²) in [6, 6.07) is 18.8. The highest BCUT2D eigenvalue weighted by Gasteiger charge is 2.12. The SMILES string of the molecule is COc1cc(/C=N\NC(=O)Cc2ccc(Br)cc2)cc(I)c1OCc1ccc(Cl)cc1. The Balaban J connectivity index is 1.62. The Morgan fingerprint density at radius 1 is 1.13 bits per heavy atom. The van der Waals surface area contributed by atoms with Crippen molar-refractivity contribution >= 4 is 62.2 Å². The van der Waals surface area contributed by atoms with E-state index in [0.717, 1.165) is 24.7 Å². The van der Waals surface area contributed by atoms with Crippen LogP contribution in [0.3, 0.4) is 0 Å². The minimum Gasteiger partial charge on any atom is -0.493 e. The van der Waals surface area contributed by atoms with Gasteiger partial charge in [0.2, 0.25) is 5.91 Å². The van der Waals surface area contributed by atoms with Gasteiger partial charge in [0.15, 0.2) is 11.5 Å². The summed E-state index contributed by atoms with van der Waals surface area (Å²) in [4.78, 5) is 12.1. The molecular weight excluding hydrogens is 595 g/mol. The number of amides is 1. The Morgan fingerprint density at radius 2 is 1.81 bits per heavy atom. The highest BCUT2D eigenvalue weighted by atomic mass is 127. The number of benzene rings is 3. The van der Waals surface area contributed by atoms with E-state index in [0.29, 0.717) is 23.1 Å². The summed E-state index contributed by atoms with van der Waals surface area (Å²) in [5.41, 5.74) is 5.24. The standard InChI is InChI=1S/C23H19BrClIN2O3/c1-30-21-11-17(13-27-28-22(29)12-15-2-6-18(24)7-3-15)10-20(26)23(21)31-14-16-4-8-19(25)9-5-16/h2-11,13H,12,14H2,1H3,(H,28,29)/b27-13-. The maximum atomic E-state index is 12.1. The van der Waals surface area contributed by atoms with Crippen LogP contribution in [0.2, 0.25) is 5.02 Å². The lowest BCUT2D eigenvalue weighted by Crippen LogP contribution is -2.19. The van der Waals surface area contributed by atoms with Crippen LogP contribution in [0.4, 0.5) is 0 Å². The Kier molecular flexibility index (Phi) is 8.74. The van der Waals surface area contributed by atoms with Crippen LogP contribution in [0.1, 0.15) is 16.7 Å². The second-order valence-corrected chi connectivity index (χ2v) is 9.06. The van der Waals surface area contributed by atoms with E-state index in [-0.39, 0.29) is 12.3 Å². The van der Waals surface area contributed by atoms with Gasteiger partial charge in [-0.15, -0.1) is 0 Å². The molecule has 0 radical (unpaired) electrons. The van der Waals surface area contributed by atoms with Crippen molar-refractivity contribution in [3.8, 4) is 11.5 Å². The summed E-state index contributed by atoms with van der Waals surface area (Å²) in [6.45, 7) is 0.392. The van der Waals surface area contributed by atoms with Crippen LogP contribution < -0.4 is 14.9 Å². The molecule has 3 rings (SSSR count). The van der Waals surface area contributed by atoms with Gasteiger partial charge in [-0.25, -0.2) is 5.43 Å². The minimum atomic E-state index is -0.192. The third-order valence-corrected chi connectivity index (χ3v) is 5.81. The topological polar surface area (TPSA) is 59.9 Å². The number of nitrogens with one attached hydrogen (secondary N) is 1. The molecule has 0 bridgehead atoms. The van der Waals surface area contributed by atoms with Crippen LogP contribution in [0.5, 0.6) is 11.5 Å². The number of carbonyl (C=O) groups excluding carboxylic acids is 1. The molecule has 0 aliphatic rings. The first-order valence-electron chi connectivity index (χ1n) is 9.25. The normalized spacial score (nSPS) is 10.8. The minimum absolute atomic E-state index is 0.192. The Labute approximate surface area is 208 Å². The van der Waals surface area contributed by atoms with Gasteiger partial charge in [-0.05, 0) is 75.7 Å². The molecule has 5 nitrogen and oxygen atoms in total. The molecule has 0 saturated heterocycles. The first kappa shape index (κ1) is 23.6. The Hall–Kier alpha value is -2.10. The van der Waals surface area contributed by atoms with E-state index in [4.69, 9.17) is 21.1 Å². The molecule has 8 heteroatoms. The molecule has 0 spiro atoms. The van der Waals surface area contributed by atoms with Crippen LogP contribution >= 0.6 is 50.1 Å². The highest BCUT2D eigenvalue weighted by molar-refractivity contribution is 14.1. The van der Waals surface area contributed by atoms with Gasteiger partial charge >= 0.3 is 0 Å². The van der Waals surface area contributed by atoms with Gasteiger partial charge in [0.1, 0.15) is 6.61 Å². The van der Waals surface area contributed by atoms with Crippen molar-refractivity contribution in [2.45, 2.75) is 13.0 Å². The predicted molar refractivity (Wildman–Crippen MR) is 135 cm³/mol. The van der Waals surface area contributed by atoms with E-state index in [2.05, 4.69) is 49.0 Å². The maximum absolute atomic E-state index is 12.1. The molecule has 160 valence electrons. The number of hydrogen-bond donors (Lipinski definition) is 1. The fourth-order valence-corrected chi connectivity index (χ4v) is 3.87. The number of nitrogens with zero attached hydrogens (tertiary/aromatic N) is 1. The van der Waals surface area contributed by atoms with Crippen LogP contribution in [-0.4, -0.2) is 19.2 Å².